The predicted molar refractivity (Wildman–Crippen MR) is 62.0 cm³/mol. The highest BCUT2D eigenvalue weighted by Gasteiger charge is 2.18. The molecule has 1 aromatic carbocycles. The van der Waals surface area contributed by atoms with Crippen LogP contribution in [-0.2, 0) is 0 Å². The van der Waals surface area contributed by atoms with E-state index in [1.807, 2.05) is 0 Å². The second-order valence-corrected chi connectivity index (χ2v) is 3.87. The highest BCUT2D eigenvalue weighted by molar-refractivity contribution is 6.33. The highest BCUT2D eigenvalue weighted by atomic mass is 35.5. The summed E-state index contributed by atoms with van der Waals surface area (Å²) in [6, 6.07) is 4.18. The summed E-state index contributed by atoms with van der Waals surface area (Å²) in [5.74, 6) is -1.02. The van der Waals surface area contributed by atoms with Crippen LogP contribution in [0.2, 0.25) is 5.02 Å². The lowest BCUT2D eigenvalue weighted by Crippen LogP contribution is -2.29. The van der Waals surface area contributed by atoms with Gasteiger partial charge in [0.25, 0.3) is 5.91 Å². The quantitative estimate of drug-likeness (QED) is 0.879. The molecule has 0 saturated carbocycles. The van der Waals surface area contributed by atoms with Crippen LogP contribution in [0.3, 0.4) is 0 Å². The predicted octanol–water partition coefficient (Wildman–Crippen LogP) is 1.90. The van der Waals surface area contributed by atoms with Gasteiger partial charge >= 0.3 is 0 Å². The maximum Gasteiger partial charge on any atom is 0.258 e. The number of nitrogens with zero attached hydrogens (tertiary/aromatic N) is 1. The van der Waals surface area contributed by atoms with Crippen LogP contribution in [0.15, 0.2) is 18.2 Å². The van der Waals surface area contributed by atoms with Gasteiger partial charge in [-0.25, -0.2) is 4.39 Å². The first kappa shape index (κ1) is 12.9. The molecular formula is C11H14ClFN2O. The molecule has 0 aliphatic heterocycles. The third kappa shape index (κ3) is 2.93. The average molecular weight is 245 g/mol. The van der Waals surface area contributed by atoms with Gasteiger partial charge in [-0.1, -0.05) is 17.7 Å². The molecule has 0 aromatic heterocycles. The molecule has 0 bridgehead atoms. The van der Waals surface area contributed by atoms with E-state index in [9.17, 15) is 9.18 Å². The van der Waals surface area contributed by atoms with Crippen LogP contribution in [-0.4, -0.2) is 30.9 Å². The summed E-state index contributed by atoms with van der Waals surface area (Å²) >= 11 is 5.79. The van der Waals surface area contributed by atoms with Crippen LogP contribution >= 0.6 is 11.6 Å². The number of amides is 1. The maximum absolute atomic E-state index is 13.4. The van der Waals surface area contributed by atoms with Crippen molar-refractivity contribution in [3.8, 4) is 0 Å². The Morgan fingerprint density at radius 2 is 2.25 bits per heavy atom. The molecule has 1 amide bonds. The van der Waals surface area contributed by atoms with Crippen molar-refractivity contribution in [1.82, 2.24) is 4.90 Å². The molecule has 0 atom stereocenters. The first-order chi connectivity index (χ1) is 7.57. The van der Waals surface area contributed by atoms with Gasteiger partial charge in [-0.3, -0.25) is 4.79 Å². The molecule has 2 N–H and O–H groups in total. The molecule has 0 aliphatic rings. The number of benzene rings is 1. The Hall–Kier alpha value is -1.13. The summed E-state index contributed by atoms with van der Waals surface area (Å²) in [6.07, 6.45) is 0.675. The van der Waals surface area contributed by atoms with Crippen LogP contribution in [0.25, 0.3) is 0 Å². The van der Waals surface area contributed by atoms with Crippen molar-refractivity contribution < 1.29 is 9.18 Å². The van der Waals surface area contributed by atoms with Crippen molar-refractivity contribution in [2.45, 2.75) is 6.42 Å². The topological polar surface area (TPSA) is 46.3 Å². The van der Waals surface area contributed by atoms with Crippen molar-refractivity contribution in [2.24, 2.45) is 5.73 Å². The van der Waals surface area contributed by atoms with E-state index in [1.165, 1.54) is 23.1 Å². The standard InChI is InChI=1S/C11H14ClFN2O/c1-15(7-3-6-14)11(16)10-8(12)4-2-5-9(10)13/h2,4-5H,3,6-7,14H2,1H3. The molecule has 1 rings (SSSR count). The van der Waals surface area contributed by atoms with E-state index in [4.69, 9.17) is 17.3 Å². The normalized spacial score (nSPS) is 10.2. The van der Waals surface area contributed by atoms with Crippen LogP contribution in [0.1, 0.15) is 16.8 Å². The van der Waals surface area contributed by atoms with Crippen LogP contribution in [0.4, 0.5) is 4.39 Å². The molecule has 0 radical (unpaired) electrons. The van der Waals surface area contributed by atoms with E-state index in [-0.39, 0.29) is 10.6 Å². The molecular weight excluding hydrogens is 231 g/mol. The van der Waals surface area contributed by atoms with E-state index in [0.717, 1.165) is 0 Å². The number of hydrogen-bond donors (Lipinski definition) is 1. The number of rotatable bonds is 4. The first-order valence-corrected chi connectivity index (χ1v) is 5.35. The monoisotopic (exact) mass is 244 g/mol. The van der Waals surface area contributed by atoms with E-state index in [1.54, 1.807) is 7.05 Å². The molecule has 16 heavy (non-hydrogen) atoms. The number of hydrogen-bond acceptors (Lipinski definition) is 2. The number of nitrogens with two attached hydrogens (primary N) is 1. The second-order valence-electron chi connectivity index (χ2n) is 3.47. The molecule has 88 valence electrons. The summed E-state index contributed by atoms with van der Waals surface area (Å²) < 4.78 is 13.4. The third-order valence-corrected chi connectivity index (χ3v) is 2.54. The summed E-state index contributed by atoms with van der Waals surface area (Å²) in [4.78, 5) is 13.3. The van der Waals surface area contributed by atoms with Crippen molar-refractivity contribution in [3.63, 3.8) is 0 Å². The van der Waals surface area contributed by atoms with E-state index in [2.05, 4.69) is 0 Å². The summed E-state index contributed by atoms with van der Waals surface area (Å²) in [7, 11) is 1.60. The summed E-state index contributed by atoms with van der Waals surface area (Å²) in [5, 5.41) is 0.129. The minimum absolute atomic E-state index is 0.0799. The van der Waals surface area contributed by atoms with E-state index >= 15 is 0 Å². The van der Waals surface area contributed by atoms with Gasteiger partial charge in [0.15, 0.2) is 0 Å². The Bertz CT molecular complexity index is 364. The van der Waals surface area contributed by atoms with Gasteiger partial charge in [-0.15, -0.1) is 0 Å². The largest absolute Gasteiger partial charge is 0.342 e. The zero-order chi connectivity index (χ0) is 12.1. The molecule has 0 heterocycles. The fourth-order valence-electron chi connectivity index (χ4n) is 1.32. The molecule has 3 nitrogen and oxygen atoms in total. The fraction of sp³-hybridized carbons (Fsp3) is 0.364. The number of carbonyl (C=O) groups is 1. The van der Waals surface area contributed by atoms with Crippen molar-refractivity contribution in [3.05, 3.63) is 34.6 Å². The Morgan fingerprint density at radius 1 is 1.56 bits per heavy atom. The Kier molecular flexibility index (Phi) is 4.71. The van der Waals surface area contributed by atoms with Gasteiger partial charge in [0.2, 0.25) is 0 Å². The number of carbonyl (C=O) groups excluding carboxylic acids is 1. The van der Waals surface area contributed by atoms with Crippen molar-refractivity contribution >= 4 is 17.5 Å². The second kappa shape index (κ2) is 5.82. The lowest BCUT2D eigenvalue weighted by atomic mass is 10.2. The maximum atomic E-state index is 13.4. The zero-order valence-corrected chi connectivity index (χ0v) is 9.80. The fourth-order valence-corrected chi connectivity index (χ4v) is 1.57. The van der Waals surface area contributed by atoms with Gasteiger partial charge in [0, 0.05) is 13.6 Å². The Morgan fingerprint density at radius 3 is 2.81 bits per heavy atom. The Balaban J connectivity index is 2.87. The number of halogens is 2. The van der Waals surface area contributed by atoms with Gasteiger partial charge in [-0.2, -0.15) is 0 Å². The Labute approximate surface area is 99.0 Å². The summed E-state index contributed by atoms with van der Waals surface area (Å²) in [5.41, 5.74) is 5.26. The van der Waals surface area contributed by atoms with Crippen LogP contribution < -0.4 is 5.73 Å². The molecule has 0 saturated heterocycles. The van der Waals surface area contributed by atoms with E-state index < -0.39 is 11.7 Å². The highest BCUT2D eigenvalue weighted by Crippen LogP contribution is 2.20. The molecule has 1 aromatic rings. The molecule has 0 fully saturated rings. The average Bonchev–Trinajstić information content (AvgIpc) is 2.25. The van der Waals surface area contributed by atoms with Crippen LogP contribution in [0, 0.1) is 5.82 Å². The van der Waals surface area contributed by atoms with Gasteiger partial charge in [0.1, 0.15) is 5.82 Å². The third-order valence-electron chi connectivity index (χ3n) is 2.22. The first-order valence-electron chi connectivity index (χ1n) is 4.97. The molecule has 0 unspecified atom stereocenters. The smallest absolute Gasteiger partial charge is 0.258 e. The van der Waals surface area contributed by atoms with Crippen LogP contribution in [0.5, 0.6) is 0 Å². The van der Waals surface area contributed by atoms with Crippen molar-refractivity contribution in [1.29, 1.82) is 0 Å². The van der Waals surface area contributed by atoms with Gasteiger partial charge < -0.3 is 10.6 Å². The van der Waals surface area contributed by atoms with E-state index in [0.29, 0.717) is 19.5 Å². The lowest BCUT2D eigenvalue weighted by molar-refractivity contribution is 0.0790. The lowest BCUT2D eigenvalue weighted by Gasteiger charge is -2.17. The minimum Gasteiger partial charge on any atom is -0.342 e. The molecule has 5 heteroatoms. The van der Waals surface area contributed by atoms with Crippen molar-refractivity contribution in [2.75, 3.05) is 20.1 Å². The summed E-state index contributed by atoms with van der Waals surface area (Å²) in [6.45, 7) is 0.975. The minimum atomic E-state index is -0.600. The SMILES string of the molecule is CN(CCCN)C(=O)c1c(F)cccc1Cl. The molecule has 0 spiro atoms. The van der Waals surface area contributed by atoms with Gasteiger partial charge in [-0.05, 0) is 25.1 Å². The van der Waals surface area contributed by atoms with Gasteiger partial charge in [0.05, 0.1) is 10.6 Å². The molecule has 0 aliphatic carbocycles. The zero-order valence-electron chi connectivity index (χ0n) is 9.04.